The average molecular weight is 414 g/mol. The Morgan fingerprint density at radius 1 is 1.07 bits per heavy atom. The van der Waals surface area contributed by atoms with Crippen LogP contribution in [0.25, 0.3) is 5.65 Å². The Labute approximate surface area is 161 Å². The van der Waals surface area contributed by atoms with Crippen LogP contribution in [0.2, 0.25) is 0 Å². The number of aryl methyl sites for hydroxylation is 2. The lowest BCUT2D eigenvalue weighted by atomic mass is 10.1. The molecule has 4 rings (SSSR count). The molecule has 0 aliphatic carbocycles. The molecule has 154 valence electrons. The van der Waals surface area contributed by atoms with Crippen LogP contribution < -0.4 is 4.90 Å². The maximum atomic E-state index is 13.9. The number of anilines is 2. The maximum Gasteiger partial charge on any atom is 0.453 e. The number of aromatic nitrogens is 3. The fourth-order valence-corrected chi connectivity index (χ4v) is 3.80. The predicted octanol–water partition coefficient (Wildman–Crippen LogP) is 5.33. The van der Waals surface area contributed by atoms with Crippen LogP contribution in [0.1, 0.15) is 35.0 Å². The summed E-state index contributed by atoms with van der Waals surface area (Å²) >= 11 is 0. The van der Waals surface area contributed by atoms with Crippen LogP contribution in [0.4, 0.5) is 37.8 Å². The Hall–Kier alpha value is -2.78. The summed E-state index contributed by atoms with van der Waals surface area (Å²) in [5.41, 5.74) is 0.935. The fraction of sp³-hybridized carbons (Fsp3) is 0.368. The number of fused-ring (bicyclic) bond motifs is 2. The summed E-state index contributed by atoms with van der Waals surface area (Å²) in [4.78, 5) is 4.89. The molecule has 0 saturated heterocycles. The number of benzene rings is 1. The van der Waals surface area contributed by atoms with E-state index in [1.165, 1.54) is 11.8 Å². The van der Waals surface area contributed by atoms with Crippen LogP contribution in [-0.2, 0) is 25.2 Å². The van der Waals surface area contributed by atoms with Crippen LogP contribution in [0.15, 0.2) is 24.3 Å². The SMILES string of the molecule is CCc1cccc2c1N(c1c(C(F)(F)F)cc(C)c3nc(C(F)(F)F)nn13)CC2. The van der Waals surface area contributed by atoms with Gasteiger partial charge in [-0.15, -0.1) is 5.10 Å². The molecule has 2 aromatic heterocycles. The molecule has 3 aromatic rings. The molecule has 0 fully saturated rings. The Morgan fingerprint density at radius 3 is 2.41 bits per heavy atom. The van der Waals surface area contributed by atoms with Gasteiger partial charge in [0, 0.05) is 12.2 Å². The van der Waals surface area contributed by atoms with E-state index in [4.69, 9.17) is 0 Å². The third-order valence-electron chi connectivity index (χ3n) is 5.04. The van der Waals surface area contributed by atoms with Crippen LogP contribution in [0.5, 0.6) is 0 Å². The number of nitrogens with zero attached hydrogens (tertiary/aromatic N) is 4. The van der Waals surface area contributed by atoms with Crippen molar-refractivity contribution in [3.63, 3.8) is 0 Å². The summed E-state index contributed by atoms with van der Waals surface area (Å²) in [6, 6.07) is 6.29. The van der Waals surface area contributed by atoms with E-state index in [-0.39, 0.29) is 17.8 Å². The van der Waals surface area contributed by atoms with Crippen molar-refractivity contribution in [1.29, 1.82) is 0 Å². The molecule has 3 heterocycles. The van der Waals surface area contributed by atoms with E-state index in [9.17, 15) is 26.3 Å². The number of rotatable bonds is 2. The molecule has 1 aliphatic rings. The van der Waals surface area contributed by atoms with E-state index < -0.39 is 29.6 Å². The highest BCUT2D eigenvalue weighted by Crippen LogP contribution is 2.44. The summed E-state index contributed by atoms with van der Waals surface area (Å²) in [6.07, 6.45) is -8.59. The zero-order valence-electron chi connectivity index (χ0n) is 15.5. The van der Waals surface area contributed by atoms with Crippen LogP contribution in [0.3, 0.4) is 0 Å². The summed E-state index contributed by atoms with van der Waals surface area (Å²) in [5.74, 6) is -1.91. The smallest absolute Gasteiger partial charge is 0.325 e. The molecule has 0 N–H and O–H groups in total. The molecule has 0 radical (unpaired) electrons. The number of hydrogen-bond acceptors (Lipinski definition) is 3. The quantitative estimate of drug-likeness (QED) is 0.532. The number of para-hydroxylation sites is 1. The normalized spacial score (nSPS) is 14.7. The minimum atomic E-state index is -4.87. The second kappa shape index (κ2) is 6.36. The van der Waals surface area contributed by atoms with E-state index in [0.29, 0.717) is 23.0 Å². The summed E-state index contributed by atoms with van der Waals surface area (Å²) < 4.78 is 81.9. The molecule has 0 saturated carbocycles. The molecule has 10 heteroatoms. The largest absolute Gasteiger partial charge is 0.453 e. The van der Waals surface area contributed by atoms with Crippen molar-refractivity contribution in [3.8, 4) is 0 Å². The number of alkyl halides is 6. The average Bonchev–Trinajstić information content (AvgIpc) is 3.25. The van der Waals surface area contributed by atoms with Crippen molar-refractivity contribution < 1.29 is 26.3 Å². The molecular formula is C19H16F6N4. The molecule has 0 unspecified atom stereocenters. The number of hydrogen-bond donors (Lipinski definition) is 0. The van der Waals surface area contributed by atoms with E-state index in [0.717, 1.165) is 17.2 Å². The summed E-state index contributed by atoms with van der Waals surface area (Å²) in [6.45, 7) is 3.37. The number of pyridine rings is 1. The maximum absolute atomic E-state index is 13.9. The topological polar surface area (TPSA) is 33.4 Å². The first-order chi connectivity index (χ1) is 13.5. The van der Waals surface area contributed by atoms with E-state index >= 15 is 0 Å². The lowest BCUT2D eigenvalue weighted by molar-refractivity contribution is -0.144. The van der Waals surface area contributed by atoms with Crippen LogP contribution in [0, 0.1) is 6.92 Å². The third kappa shape index (κ3) is 3.10. The van der Waals surface area contributed by atoms with Gasteiger partial charge < -0.3 is 4.90 Å². The van der Waals surface area contributed by atoms with Crippen molar-refractivity contribution in [2.75, 3.05) is 11.4 Å². The molecule has 29 heavy (non-hydrogen) atoms. The Balaban J connectivity index is 2.07. The summed E-state index contributed by atoms with van der Waals surface area (Å²) in [7, 11) is 0. The highest BCUT2D eigenvalue weighted by Gasteiger charge is 2.42. The Morgan fingerprint density at radius 2 is 1.79 bits per heavy atom. The fourth-order valence-electron chi connectivity index (χ4n) is 3.80. The highest BCUT2D eigenvalue weighted by molar-refractivity contribution is 5.75. The molecule has 0 bridgehead atoms. The summed E-state index contributed by atoms with van der Waals surface area (Å²) in [5, 5.41) is 3.43. The predicted molar refractivity (Wildman–Crippen MR) is 94.3 cm³/mol. The first-order valence-corrected chi connectivity index (χ1v) is 8.95. The van der Waals surface area contributed by atoms with Crippen molar-refractivity contribution in [2.24, 2.45) is 0 Å². The molecule has 0 atom stereocenters. The standard InChI is InChI=1S/C19H16F6N4/c1-3-11-5-4-6-12-7-8-28(14(11)12)16-13(18(20,21)22)9-10(2)15-26-17(19(23,24)25)27-29(15)16/h4-6,9H,3,7-8H2,1-2H3. The van der Waals surface area contributed by atoms with Gasteiger partial charge in [0.2, 0.25) is 0 Å². The van der Waals surface area contributed by atoms with Crippen molar-refractivity contribution in [3.05, 3.63) is 52.3 Å². The zero-order chi connectivity index (χ0) is 21.1. The van der Waals surface area contributed by atoms with Gasteiger partial charge in [-0.3, -0.25) is 0 Å². The van der Waals surface area contributed by atoms with Crippen molar-refractivity contribution >= 4 is 17.2 Å². The first-order valence-electron chi connectivity index (χ1n) is 8.95. The second-order valence-corrected chi connectivity index (χ2v) is 6.91. The first kappa shape index (κ1) is 19.5. The van der Waals surface area contributed by atoms with Gasteiger partial charge >= 0.3 is 12.4 Å². The highest BCUT2D eigenvalue weighted by atomic mass is 19.4. The van der Waals surface area contributed by atoms with Gasteiger partial charge in [0.25, 0.3) is 5.82 Å². The van der Waals surface area contributed by atoms with E-state index in [1.54, 1.807) is 6.07 Å². The Kier molecular flexibility index (Phi) is 4.29. The van der Waals surface area contributed by atoms with Gasteiger partial charge in [0.05, 0.1) is 5.56 Å². The second-order valence-electron chi connectivity index (χ2n) is 6.91. The van der Waals surface area contributed by atoms with E-state index in [2.05, 4.69) is 10.1 Å². The van der Waals surface area contributed by atoms with Gasteiger partial charge in [0.15, 0.2) is 5.65 Å². The van der Waals surface area contributed by atoms with Gasteiger partial charge in [-0.25, -0.2) is 4.98 Å². The molecule has 1 aliphatic heterocycles. The third-order valence-corrected chi connectivity index (χ3v) is 5.04. The van der Waals surface area contributed by atoms with Crippen LogP contribution in [-0.4, -0.2) is 21.1 Å². The van der Waals surface area contributed by atoms with Crippen LogP contribution >= 0.6 is 0 Å². The van der Waals surface area contributed by atoms with Gasteiger partial charge in [-0.05, 0) is 42.5 Å². The van der Waals surface area contributed by atoms with E-state index in [1.807, 2.05) is 19.1 Å². The van der Waals surface area contributed by atoms with Gasteiger partial charge in [0.1, 0.15) is 5.82 Å². The lowest BCUT2D eigenvalue weighted by Crippen LogP contribution is -2.24. The number of halogens is 6. The molecule has 0 spiro atoms. The molecular weight excluding hydrogens is 398 g/mol. The molecule has 1 aromatic carbocycles. The van der Waals surface area contributed by atoms with Crippen molar-refractivity contribution in [2.45, 2.75) is 39.0 Å². The zero-order valence-corrected chi connectivity index (χ0v) is 15.5. The molecule has 0 amide bonds. The van der Waals surface area contributed by atoms with Gasteiger partial charge in [-0.1, -0.05) is 25.1 Å². The Bertz CT molecular complexity index is 1100. The van der Waals surface area contributed by atoms with Crippen molar-refractivity contribution in [1.82, 2.24) is 14.6 Å². The minimum absolute atomic E-state index is 0.0349. The monoisotopic (exact) mass is 414 g/mol. The molecule has 4 nitrogen and oxygen atoms in total. The lowest BCUT2D eigenvalue weighted by Gasteiger charge is -2.26. The minimum Gasteiger partial charge on any atom is -0.325 e. The van der Waals surface area contributed by atoms with Gasteiger partial charge in [-0.2, -0.15) is 30.9 Å².